The SMILES string of the molecule is Cn1ncc2c(C(=N)N)nc(CCC3CCC3)nc21. The number of hydrogen-bond acceptors (Lipinski definition) is 4. The van der Waals surface area contributed by atoms with Gasteiger partial charge in [-0.3, -0.25) is 10.1 Å². The number of nitrogens with zero attached hydrogens (tertiary/aromatic N) is 4. The van der Waals surface area contributed by atoms with Crippen LogP contribution in [0.4, 0.5) is 0 Å². The lowest BCUT2D eigenvalue weighted by Gasteiger charge is -2.24. The summed E-state index contributed by atoms with van der Waals surface area (Å²) in [7, 11) is 1.84. The maximum absolute atomic E-state index is 7.64. The summed E-state index contributed by atoms with van der Waals surface area (Å²) in [4.78, 5) is 8.98. The minimum absolute atomic E-state index is 0.0229. The molecule has 2 aromatic heterocycles. The summed E-state index contributed by atoms with van der Waals surface area (Å²) in [6.45, 7) is 0. The summed E-state index contributed by atoms with van der Waals surface area (Å²) in [5.41, 5.74) is 6.86. The predicted molar refractivity (Wildman–Crippen MR) is 73.0 cm³/mol. The smallest absolute Gasteiger partial charge is 0.161 e. The Morgan fingerprint density at radius 3 is 2.89 bits per heavy atom. The standard InChI is InChI=1S/C13H18N6/c1-19-13-9(7-16-19)11(12(14)15)17-10(18-13)6-5-8-3-2-4-8/h7-8H,2-6H2,1H3,(H3,14,15). The summed E-state index contributed by atoms with van der Waals surface area (Å²) in [6, 6.07) is 0. The third-order valence-electron chi connectivity index (χ3n) is 3.89. The number of nitrogens with one attached hydrogen (secondary N) is 1. The van der Waals surface area contributed by atoms with Crippen LogP contribution in [0.1, 0.15) is 37.2 Å². The molecule has 2 aromatic rings. The molecule has 0 atom stereocenters. The second kappa shape index (κ2) is 4.60. The molecular formula is C13H18N6. The molecule has 6 heteroatoms. The molecule has 0 aromatic carbocycles. The van der Waals surface area contributed by atoms with Crippen LogP contribution in [0.5, 0.6) is 0 Å². The fraction of sp³-hybridized carbons (Fsp3) is 0.538. The molecule has 0 unspecified atom stereocenters. The van der Waals surface area contributed by atoms with E-state index in [9.17, 15) is 0 Å². The maximum atomic E-state index is 7.64. The molecule has 1 aliphatic carbocycles. The molecule has 0 amide bonds. The molecule has 1 fully saturated rings. The Morgan fingerprint density at radius 1 is 1.47 bits per heavy atom. The summed E-state index contributed by atoms with van der Waals surface area (Å²) in [5, 5.41) is 12.6. The van der Waals surface area contributed by atoms with E-state index in [1.165, 1.54) is 19.3 Å². The highest BCUT2D eigenvalue weighted by atomic mass is 15.3. The highest BCUT2D eigenvalue weighted by molar-refractivity contribution is 6.03. The van der Waals surface area contributed by atoms with Gasteiger partial charge in [0.05, 0.1) is 11.6 Å². The number of amidine groups is 1. The first-order valence-electron chi connectivity index (χ1n) is 6.68. The Kier molecular flexibility index (Phi) is 2.93. The van der Waals surface area contributed by atoms with E-state index in [0.29, 0.717) is 5.69 Å². The molecule has 0 spiro atoms. The van der Waals surface area contributed by atoms with Crippen molar-refractivity contribution in [3.05, 3.63) is 17.7 Å². The summed E-state index contributed by atoms with van der Waals surface area (Å²) >= 11 is 0. The van der Waals surface area contributed by atoms with Crippen molar-refractivity contribution in [3.8, 4) is 0 Å². The zero-order valence-electron chi connectivity index (χ0n) is 11.1. The minimum atomic E-state index is -0.0229. The first-order valence-corrected chi connectivity index (χ1v) is 6.68. The van der Waals surface area contributed by atoms with E-state index in [1.807, 2.05) is 7.05 Å². The van der Waals surface area contributed by atoms with Gasteiger partial charge in [-0.1, -0.05) is 19.3 Å². The first kappa shape index (κ1) is 12.1. The summed E-state index contributed by atoms with van der Waals surface area (Å²) in [5.74, 6) is 1.57. The molecule has 100 valence electrons. The highest BCUT2D eigenvalue weighted by Crippen LogP contribution is 2.30. The number of fused-ring (bicyclic) bond motifs is 1. The normalized spacial score (nSPS) is 15.6. The quantitative estimate of drug-likeness (QED) is 0.640. The molecule has 3 N–H and O–H groups in total. The van der Waals surface area contributed by atoms with Crippen molar-refractivity contribution < 1.29 is 0 Å². The van der Waals surface area contributed by atoms with Crippen LogP contribution >= 0.6 is 0 Å². The van der Waals surface area contributed by atoms with Crippen LogP contribution in [0.2, 0.25) is 0 Å². The van der Waals surface area contributed by atoms with Gasteiger partial charge in [0.1, 0.15) is 17.4 Å². The average Bonchev–Trinajstić information content (AvgIpc) is 2.68. The monoisotopic (exact) mass is 258 g/mol. The number of aromatic nitrogens is 4. The Morgan fingerprint density at radius 2 is 2.26 bits per heavy atom. The Hall–Kier alpha value is -1.98. The zero-order chi connectivity index (χ0) is 13.4. The van der Waals surface area contributed by atoms with Gasteiger partial charge >= 0.3 is 0 Å². The van der Waals surface area contributed by atoms with E-state index < -0.39 is 0 Å². The zero-order valence-corrected chi connectivity index (χ0v) is 11.1. The number of nitrogens with two attached hydrogens (primary N) is 1. The topological polar surface area (TPSA) is 93.5 Å². The van der Waals surface area contributed by atoms with E-state index in [1.54, 1.807) is 10.9 Å². The van der Waals surface area contributed by atoms with Crippen LogP contribution in [0.3, 0.4) is 0 Å². The second-order valence-electron chi connectivity index (χ2n) is 5.24. The lowest BCUT2D eigenvalue weighted by Crippen LogP contribution is -2.17. The molecule has 6 nitrogen and oxygen atoms in total. The Bertz CT molecular complexity index is 625. The van der Waals surface area contributed by atoms with Gasteiger partial charge in [-0.2, -0.15) is 5.10 Å². The average molecular weight is 258 g/mol. The molecule has 0 bridgehead atoms. The number of aryl methyl sites for hydroxylation is 2. The molecular weight excluding hydrogens is 240 g/mol. The summed E-state index contributed by atoms with van der Waals surface area (Å²) < 4.78 is 1.70. The van der Waals surface area contributed by atoms with E-state index in [0.717, 1.165) is 35.6 Å². The van der Waals surface area contributed by atoms with Crippen molar-refractivity contribution in [2.75, 3.05) is 0 Å². The van der Waals surface area contributed by atoms with Crippen molar-refractivity contribution in [3.63, 3.8) is 0 Å². The van der Waals surface area contributed by atoms with Crippen LogP contribution in [0.15, 0.2) is 6.20 Å². The van der Waals surface area contributed by atoms with Gasteiger partial charge in [0, 0.05) is 13.5 Å². The molecule has 0 radical (unpaired) electrons. The van der Waals surface area contributed by atoms with Crippen molar-refractivity contribution in [2.45, 2.75) is 32.1 Å². The van der Waals surface area contributed by atoms with Crippen LogP contribution in [0.25, 0.3) is 11.0 Å². The van der Waals surface area contributed by atoms with Gasteiger partial charge in [0.2, 0.25) is 0 Å². The van der Waals surface area contributed by atoms with Crippen molar-refractivity contribution in [2.24, 2.45) is 18.7 Å². The van der Waals surface area contributed by atoms with Gasteiger partial charge < -0.3 is 5.73 Å². The second-order valence-corrected chi connectivity index (χ2v) is 5.24. The van der Waals surface area contributed by atoms with E-state index in [4.69, 9.17) is 11.1 Å². The molecule has 2 heterocycles. The Balaban J connectivity index is 1.94. The lowest BCUT2D eigenvalue weighted by molar-refractivity contribution is 0.294. The number of nitrogen functional groups attached to an aromatic ring is 1. The van der Waals surface area contributed by atoms with Crippen LogP contribution < -0.4 is 5.73 Å². The predicted octanol–water partition coefficient (Wildman–Crippen LogP) is 1.38. The minimum Gasteiger partial charge on any atom is -0.382 e. The first-order chi connectivity index (χ1) is 9.15. The van der Waals surface area contributed by atoms with Gasteiger partial charge in [0.25, 0.3) is 0 Å². The van der Waals surface area contributed by atoms with Crippen molar-refractivity contribution in [1.29, 1.82) is 5.41 Å². The fourth-order valence-electron chi connectivity index (χ4n) is 2.50. The fourth-order valence-corrected chi connectivity index (χ4v) is 2.50. The molecule has 1 aliphatic rings. The van der Waals surface area contributed by atoms with Crippen molar-refractivity contribution in [1.82, 2.24) is 19.7 Å². The molecule has 3 rings (SSSR count). The molecule has 0 aliphatic heterocycles. The van der Waals surface area contributed by atoms with Gasteiger partial charge in [-0.25, -0.2) is 9.97 Å². The largest absolute Gasteiger partial charge is 0.382 e. The van der Waals surface area contributed by atoms with Gasteiger partial charge in [0.15, 0.2) is 5.65 Å². The van der Waals surface area contributed by atoms with Gasteiger partial charge in [-0.05, 0) is 12.3 Å². The molecule has 1 saturated carbocycles. The highest BCUT2D eigenvalue weighted by Gasteiger charge is 2.19. The van der Waals surface area contributed by atoms with E-state index in [-0.39, 0.29) is 5.84 Å². The lowest BCUT2D eigenvalue weighted by atomic mass is 9.82. The van der Waals surface area contributed by atoms with Crippen LogP contribution in [0, 0.1) is 11.3 Å². The van der Waals surface area contributed by atoms with Gasteiger partial charge in [-0.15, -0.1) is 0 Å². The maximum Gasteiger partial charge on any atom is 0.161 e. The summed E-state index contributed by atoms with van der Waals surface area (Å²) in [6.07, 6.45) is 7.65. The Labute approximate surface area is 111 Å². The number of hydrogen-bond donors (Lipinski definition) is 2. The third-order valence-corrected chi connectivity index (χ3v) is 3.89. The number of rotatable bonds is 4. The van der Waals surface area contributed by atoms with E-state index in [2.05, 4.69) is 15.1 Å². The van der Waals surface area contributed by atoms with Crippen LogP contribution in [-0.4, -0.2) is 25.6 Å². The van der Waals surface area contributed by atoms with Crippen molar-refractivity contribution >= 4 is 16.9 Å². The molecule has 19 heavy (non-hydrogen) atoms. The van der Waals surface area contributed by atoms with Crippen LogP contribution in [-0.2, 0) is 13.5 Å². The third kappa shape index (κ3) is 2.18. The van der Waals surface area contributed by atoms with E-state index >= 15 is 0 Å². The molecule has 0 saturated heterocycles.